The molecule has 3 fully saturated rings. The first-order valence-electron chi connectivity index (χ1n) is 12.2. The molecule has 1 N–H and O–H groups in total. The Balaban J connectivity index is 1.20. The van der Waals surface area contributed by atoms with Gasteiger partial charge in [0, 0.05) is 38.1 Å². The van der Waals surface area contributed by atoms with Gasteiger partial charge >= 0.3 is 0 Å². The number of hydrogen-bond acceptors (Lipinski definition) is 4. The molecule has 2 bridgehead atoms. The molecule has 1 aromatic carbocycles. The van der Waals surface area contributed by atoms with Crippen molar-refractivity contribution in [2.75, 3.05) is 19.6 Å². The molecule has 1 amide bonds. The normalized spacial score (nSPS) is 28.4. The zero-order chi connectivity index (χ0) is 21.2. The van der Waals surface area contributed by atoms with Crippen molar-refractivity contribution in [3.05, 3.63) is 47.5 Å². The van der Waals surface area contributed by atoms with Gasteiger partial charge in [-0.25, -0.2) is 4.98 Å². The number of rotatable bonds is 6. The van der Waals surface area contributed by atoms with Gasteiger partial charge < -0.3 is 4.90 Å². The molecule has 6 nitrogen and oxygen atoms in total. The van der Waals surface area contributed by atoms with Crippen molar-refractivity contribution in [2.24, 2.45) is 11.8 Å². The predicted molar refractivity (Wildman–Crippen MR) is 121 cm³/mol. The fourth-order valence-electron chi connectivity index (χ4n) is 6.29. The van der Waals surface area contributed by atoms with Crippen LogP contribution in [-0.4, -0.2) is 62.6 Å². The highest BCUT2D eigenvalue weighted by Crippen LogP contribution is 2.40. The Hall–Kier alpha value is -2.21. The van der Waals surface area contributed by atoms with Gasteiger partial charge in [0.1, 0.15) is 5.82 Å². The van der Waals surface area contributed by atoms with E-state index in [9.17, 15) is 4.79 Å². The number of hydrogen-bond donors (Lipinski definition) is 1. The van der Waals surface area contributed by atoms with Gasteiger partial charge in [-0.1, -0.05) is 50.1 Å². The van der Waals surface area contributed by atoms with Crippen LogP contribution in [0.4, 0.5) is 0 Å². The van der Waals surface area contributed by atoms with Gasteiger partial charge in [0.25, 0.3) is 0 Å². The quantitative estimate of drug-likeness (QED) is 0.776. The molecular weight excluding hydrogens is 386 g/mol. The molecule has 0 aliphatic carbocycles. The van der Waals surface area contributed by atoms with E-state index in [1.54, 1.807) is 0 Å². The maximum Gasteiger partial charge on any atom is 0.230 e. The maximum absolute atomic E-state index is 13.1. The number of aromatic amines is 1. The molecular formula is C25H35N5O. The van der Waals surface area contributed by atoms with Gasteiger partial charge in [-0.05, 0) is 43.1 Å². The smallest absolute Gasteiger partial charge is 0.230 e. The van der Waals surface area contributed by atoms with Crippen molar-refractivity contribution in [3.63, 3.8) is 0 Å². The average molecular weight is 422 g/mol. The molecule has 0 spiro atoms. The summed E-state index contributed by atoms with van der Waals surface area (Å²) in [5.74, 6) is 2.89. The minimum Gasteiger partial charge on any atom is -0.342 e. The number of fused-ring (bicyclic) bond motifs is 4. The fraction of sp³-hybridized carbons (Fsp3) is 0.640. The standard InChI is InChI=1S/C25H35N5O/c1-2-7-21-10-6-11-22-20-12-19(16-30(21)22)15-29(17-20)25(31)14-24-26-23(27-28-24)13-18-8-4-3-5-9-18/h3-5,8-9,19-22H,2,6-7,10-17H2,1H3,(H,26,27,28)/t19-,20+,21-,22-/m0/s1. The van der Waals surface area contributed by atoms with Crippen molar-refractivity contribution in [1.82, 2.24) is 25.0 Å². The van der Waals surface area contributed by atoms with E-state index in [0.717, 1.165) is 25.0 Å². The summed E-state index contributed by atoms with van der Waals surface area (Å²) in [4.78, 5) is 22.6. The van der Waals surface area contributed by atoms with E-state index in [2.05, 4.69) is 44.0 Å². The van der Waals surface area contributed by atoms with Crippen molar-refractivity contribution in [3.8, 4) is 0 Å². The molecule has 3 aliphatic heterocycles. The molecule has 0 radical (unpaired) electrons. The third-order valence-corrected chi connectivity index (χ3v) is 7.59. The number of H-pyrrole nitrogens is 1. The Morgan fingerprint density at radius 1 is 1.16 bits per heavy atom. The summed E-state index contributed by atoms with van der Waals surface area (Å²) in [6.45, 7) is 5.30. The summed E-state index contributed by atoms with van der Waals surface area (Å²) in [5, 5.41) is 7.34. The van der Waals surface area contributed by atoms with Crippen LogP contribution in [0.25, 0.3) is 0 Å². The summed E-state index contributed by atoms with van der Waals surface area (Å²) in [5.41, 5.74) is 1.19. The number of aromatic nitrogens is 3. The highest BCUT2D eigenvalue weighted by atomic mass is 16.2. The molecule has 166 valence electrons. The molecule has 3 aliphatic rings. The van der Waals surface area contributed by atoms with Gasteiger partial charge in [-0.3, -0.25) is 14.8 Å². The highest BCUT2D eigenvalue weighted by Gasteiger charge is 2.45. The third-order valence-electron chi connectivity index (χ3n) is 7.59. The largest absolute Gasteiger partial charge is 0.342 e. The number of nitrogens with one attached hydrogen (secondary N) is 1. The number of carbonyl (C=O) groups excluding carboxylic acids is 1. The van der Waals surface area contributed by atoms with Gasteiger partial charge in [-0.15, -0.1) is 0 Å². The fourth-order valence-corrected chi connectivity index (χ4v) is 6.29. The molecule has 3 saturated heterocycles. The van der Waals surface area contributed by atoms with Gasteiger partial charge in [0.2, 0.25) is 5.91 Å². The van der Waals surface area contributed by atoms with Crippen LogP contribution in [0.1, 0.15) is 62.7 Å². The molecule has 0 saturated carbocycles. The molecule has 5 rings (SSSR count). The Bertz CT molecular complexity index is 879. The second kappa shape index (κ2) is 9.11. The van der Waals surface area contributed by atoms with E-state index >= 15 is 0 Å². The molecule has 4 heterocycles. The molecule has 0 unspecified atom stereocenters. The zero-order valence-electron chi connectivity index (χ0n) is 18.7. The van der Waals surface area contributed by atoms with Gasteiger partial charge in [0.05, 0.1) is 6.42 Å². The lowest BCUT2D eigenvalue weighted by molar-refractivity contribution is -0.138. The minimum absolute atomic E-state index is 0.189. The van der Waals surface area contributed by atoms with E-state index < -0.39 is 0 Å². The van der Waals surface area contributed by atoms with Crippen molar-refractivity contribution in [2.45, 2.75) is 70.4 Å². The summed E-state index contributed by atoms with van der Waals surface area (Å²) >= 11 is 0. The van der Waals surface area contributed by atoms with E-state index in [-0.39, 0.29) is 5.91 Å². The number of amides is 1. The van der Waals surface area contributed by atoms with E-state index in [4.69, 9.17) is 0 Å². The number of likely N-dealkylation sites (tertiary alicyclic amines) is 1. The Labute approximate surface area is 185 Å². The van der Waals surface area contributed by atoms with E-state index in [1.165, 1.54) is 50.6 Å². The topological polar surface area (TPSA) is 65.1 Å². The number of nitrogens with zero attached hydrogens (tertiary/aromatic N) is 4. The van der Waals surface area contributed by atoms with Crippen LogP contribution in [0, 0.1) is 11.8 Å². The molecule has 31 heavy (non-hydrogen) atoms. The average Bonchev–Trinajstić information content (AvgIpc) is 3.21. The van der Waals surface area contributed by atoms with Crippen LogP contribution in [0.15, 0.2) is 30.3 Å². The van der Waals surface area contributed by atoms with E-state index in [0.29, 0.717) is 36.5 Å². The minimum atomic E-state index is 0.189. The first-order valence-corrected chi connectivity index (χ1v) is 12.2. The third kappa shape index (κ3) is 4.54. The molecule has 6 heteroatoms. The Morgan fingerprint density at radius 2 is 2.03 bits per heavy atom. The second-order valence-electron chi connectivity index (χ2n) is 9.84. The van der Waals surface area contributed by atoms with Crippen molar-refractivity contribution < 1.29 is 4.79 Å². The maximum atomic E-state index is 13.1. The Kier molecular flexibility index (Phi) is 6.08. The van der Waals surface area contributed by atoms with Crippen LogP contribution in [0.3, 0.4) is 0 Å². The first-order chi connectivity index (χ1) is 15.2. The summed E-state index contributed by atoms with van der Waals surface area (Å²) < 4.78 is 0. The van der Waals surface area contributed by atoms with Crippen LogP contribution in [0.2, 0.25) is 0 Å². The van der Waals surface area contributed by atoms with Crippen molar-refractivity contribution in [1.29, 1.82) is 0 Å². The SMILES string of the molecule is CCC[C@H]1CCC[C@H]2[C@@H]3C[C@@H](CN(C(=O)Cc4n[nH]c(Cc5ccccc5)n4)C3)CN12. The molecule has 4 atom stereocenters. The van der Waals surface area contributed by atoms with E-state index in [1.807, 2.05) is 18.2 Å². The monoisotopic (exact) mass is 421 g/mol. The van der Waals surface area contributed by atoms with Crippen LogP contribution in [0.5, 0.6) is 0 Å². The number of piperidine rings is 3. The lowest BCUT2D eigenvalue weighted by Crippen LogP contribution is -2.62. The predicted octanol–water partition coefficient (Wildman–Crippen LogP) is 3.44. The number of carbonyl (C=O) groups is 1. The Morgan fingerprint density at radius 3 is 2.87 bits per heavy atom. The lowest BCUT2D eigenvalue weighted by Gasteiger charge is -2.55. The summed E-state index contributed by atoms with van der Waals surface area (Å²) in [6, 6.07) is 11.7. The van der Waals surface area contributed by atoms with Crippen LogP contribution >= 0.6 is 0 Å². The number of benzene rings is 1. The summed E-state index contributed by atoms with van der Waals surface area (Å²) in [6.07, 6.45) is 8.94. The van der Waals surface area contributed by atoms with Crippen molar-refractivity contribution >= 4 is 5.91 Å². The summed E-state index contributed by atoms with van der Waals surface area (Å²) in [7, 11) is 0. The molecule has 1 aromatic heterocycles. The molecule has 2 aromatic rings. The van der Waals surface area contributed by atoms with Gasteiger partial charge in [-0.2, -0.15) is 5.10 Å². The van der Waals surface area contributed by atoms with Crippen LogP contribution in [-0.2, 0) is 17.6 Å². The first kappa shape index (κ1) is 20.7. The zero-order valence-corrected chi connectivity index (χ0v) is 18.7. The second-order valence-corrected chi connectivity index (χ2v) is 9.84. The van der Waals surface area contributed by atoms with Gasteiger partial charge in [0.15, 0.2) is 5.82 Å². The lowest BCUT2D eigenvalue weighted by atomic mass is 9.74. The highest BCUT2D eigenvalue weighted by molar-refractivity contribution is 5.78. The van der Waals surface area contributed by atoms with Crippen LogP contribution < -0.4 is 0 Å².